The van der Waals surface area contributed by atoms with E-state index in [1.165, 1.54) is 12.7 Å². The van der Waals surface area contributed by atoms with Gasteiger partial charge in [0.05, 0.1) is 20.1 Å². The molecule has 0 saturated heterocycles. The molecule has 0 atom stereocenters. The number of guanidine groups is 1. The highest BCUT2D eigenvalue weighted by Gasteiger charge is 2.07. The van der Waals surface area contributed by atoms with Crippen LogP contribution in [0.5, 0.6) is 0 Å². The maximum atomic E-state index is 11.1. The Morgan fingerprint density at radius 2 is 2.04 bits per heavy atom. The Bertz CT molecular complexity index is 707. The smallest absolute Gasteiger partial charge is 0.307 e. The van der Waals surface area contributed by atoms with Gasteiger partial charge in [-0.15, -0.1) is 0 Å². The van der Waals surface area contributed by atoms with Crippen LogP contribution in [0.25, 0.3) is 11.5 Å². The molecule has 134 valence electrons. The van der Waals surface area contributed by atoms with Gasteiger partial charge in [-0.25, -0.2) is 9.98 Å². The standard InChI is InChI=1S/C18H24N4O3/c1-4-19-18(20-10-9-16(23)24-3)21-11-15-12-25-17(22-15)14-7-5-13(2)6-8-14/h5-8,12H,4,9-11H2,1-3H3,(H2,19,20,21). The molecule has 0 radical (unpaired) electrons. The molecular formula is C18H24N4O3. The van der Waals surface area contributed by atoms with Crippen LogP contribution in [0.4, 0.5) is 0 Å². The van der Waals surface area contributed by atoms with Gasteiger partial charge in [-0.1, -0.05) is 17.7 Å². The quantitative estimate of drug-likeness (QED) is 0.455. The molecular weight excluding hydrogens is 320 g/mol. The number of carbonyl (C=O) groups is 1. The van der Waals surface area contributed by atoms with E-state index in [1.54, 1.807) is 6.26 Å². The van der Waals surface area contributed by atoms with Crippen LogP contribution in [0.3, 0.4) is 0 Å². The van der Waals surface area contributed by atoms with Gasteiger partial charge in [0.25, 0.3) is 0 Å². The van der Waals surface area contributed by atoms with Crippen molar-refractivity contribution in [3.8, 4) is 11.5 Å². The lowest BCUT2D eigenvalue weighted by atomic mass is 10.1. The first-order chi connectivity index (χ1) is 12.1. The van der Waals surface area contributed by atoms with Crippen LogP contribution in [-0.2, 0) is 16.1 Å². The van der Waals surface area contributed by atoms with E-state index >= 15 is 0 Å². The number of ether oxygens (including phenoxy) is 1. The molecule has 2 N–H and O–H groups in total. The number of nitrogens with one attached hydrogen (secondary N) is 2. The molecule has 0 bridgehead atoms. The van der Waals surface area contributed by atoms with Crippen LogP contribution in [0.2, 0.25) is 0 Å². The van der Waals surface area contributed by atoms with E-state index in [9.17, 15) is 4.79 Å². The Morgan fingerprint density at radius 3 is 2.72 bits per heavy atom. The molecule has 1 aromatic carbocycles. The molecule has 25 heavy (non-hydrogen) atoms. The van der Waals surface area contributed by atoms with E-state index in [2.05, 4.69) is 25.3 Å². The number of hydrogen-bond acceptors (Lipinski definition) is 5. The summed E-state index contributed by atoms with van der Waals surface area (Å²) in [5.41, 5.74) is 2.86. The van der Waals surface area contributed by atoms with Crippen LogP contribution in [0.15, 0.2) is 39.9 Å². The van der Waals surface area contributed by atoms with Crippen molar-refractivity contribution in [3.63, 3.8) is 0 Å². The van der Waals surface area contributed by atoms with E-state index in [-0.39, 0.29) is 12.4 Å². The first-order valence-corrected chi connectivity index (χ1v) is 8.22. The number of nitrogens with zero attached hydrogens (tertiary/aromatic N) is 2. The average molecular weight is 344 g/mol. The largest absolute Gasteiger partial charge is 0.469 e. The zero-order valence-corrected chi connectivity index (χ0v) is 14.8. The van der Waals surface area contributed by atoms with Gasteiger partial charge in [0.2, 0.25) is 5.89 Å². The molecule has 0 saturated carbocycles. The Labute approximate surface area is 147 Å². The zero-order chi connectivity index (χ0) is 18.1. The molecule has 7 nitrogen and oxygen atoms in total. The normalized spacial score (nSPS) is 11.2. The first kappa shape index (κ1) is 18.5. The second-order valence-electron chi connectivity index (χ2n) is 5.46. The lowest BCUT2D eigenvalue weighted by Crippen LogP contribution is -2.38. The van der Waals surface area contributed by atoms with E-state index in [0.717, 1.165) is 17.8 Å². The zero-order valence-electron chi connectivity index (χ0n) is 14.8. The molecule has 0 unspecified atom stereocenters. The number of rotatable bonds is 7. The van der Waals surface area contributed by atoms with Crippen LogP contribution in [0.1, 0.15) is 24.6 Å². The third kappa shape index (κ3) is 5.95. The molecule has 1 aromatic heterocycles. The minimum atomic E-state index is -0.261. The number of hydrogen-bond donors (Lipinski definition) is 2. The van der Waals surface area contributed by atoms with Crippen molar-refractivity contribution in [2.75, 3.05) is 20.2 Å². The summed E-state index contributed by atoms with van der Waals surface area (Å²) in [5.74, 6) is 0.933. The summed E-state index contributed by atoms with van der Waals surface area (Å²) in [6, 6.07) is 8.00. The molecule has 0 fully saturated rings. The van der Waals surface area contributed by atoms with Crippen molar-refractivity contribution >= 4 is 11.9 Å². The summed E-state index contributed by atoms with van der Waals surface area (Å²) < 4.78 is 10.1. The van der Waals surface area contributed by atoms with E-state index in [1.807, 2.05) is 38.1 Å². The number of aliphatic imine (C=N–C) groups is 1. The number of aryl methyl sites for hydroxylation is 1. The number of benzene rings is 1. The van der Waals surface area contributed by atoms with Crippen LogP contribution < -0.4 is 10.6 Å². The van der Waals surface area contributed by atoms with E-state index < -0.39 is 0 Å². The predicted molar refractivity (Wildman–Crippen MR) is 96.1 cm³/mol. The molecule has 1 heterocycles. The second kappa shape index (κ2) is 9.46. The van der Waals surface area contributed by atoms with Crippen molar-refractivity contribution in [2.24, 2.45) is 4.99 Å². The minimum Gasteiger partial charge on any atom is -0.469 e. The minimum absolute atomic E-state index is 0.261. The fourth-order valence-electron chi connectivity index (χ4n) is 2.10. The Kier molecular flexibility index (Phi) is 7.00. The SMILES string of the molecule is CCNC(=NCc1coc(-c2ccc(C)cc2)n1)NCCC(=O)OC. The molecule has 0 amide bonds. The molecule has 0 aliphatic heterocycles. The number of aromatic nitrogens is 1. The van der Waals surface area contributed by atoms with Crippen molar-refractivity contribution < 1.29 is 13.9 Å². The summed E-state index contributed by atoms with van der Waals surface area (Å²) in [6.07, 6.45) is 1.89. The molecule has 2 rings (SSSR count). The van der Waals surface area contributed by atoms with Crippen molar-refractivity contribution in [1.82, 2.24) is 15.6 Å². The lowest BCUT2D eigenvalue weighted by Gasteiger charge is -2.10. The van der Waals surface area contributed by atoms with Crippen molar-refractivity contribution in [2.45, 2.75) is 26.8 Å². The second-order valence-corrected chi connectivity index (χ2v) is 5.46. The van der Waals surface area contributed by atoms with Gasteiger partial charge in [-0.05, 0) is 26.0 Å². The number of oxazole rings is 1. The van der Waals surface area contributed by atoms with Gasteiger partial charge >= 0.3 is 5.97 Å². The highest BCUT2D eigenvalue weighted by Crippen LogP contribution is 2.19. The Morgan fingerprint density at radius 1 is 1.28 bits per heavy atom. The average Bonchev–Trinajstić information content (AvgIpc) is 3.09. The summed E-state index contributed by atoms with van der Waals surface area (Å²) in [6.45, 7) is 5.56. The third-order valence-corrected chi connectivity index (χ3v) is 3.44. The number of methoxy groups -OCH3 is 1. The highest BCUT2D eigenvalue weighted by atomic mass is 16.5. The summed E-state index contributed by atoms with van der Waals surface area (Å²) >= 11 is 0. The predicted octanol–water partition coefficient (Wildman–Crippen LogP) is 2.27. The third-order valence-electron chi connectivity index (χ3n) is 3.44. The molecule has 0 spiro atoms. The molecule has 7 heteroatoms. The number of carbonyl (C=O) groups excluding carboxylic acids is 1. The maximum absolute atomic E-state index is 11.1. The van der Waals surface area contributed by atoms with Gasteiger partial charge in [-0.2, -0.15) is 0 Å². The summed E-state index contributed by atoms with van der Waals surface area (Å²) in [5, 5.41) is 6.20. The van der Waals surface area contributed by atoms with Gasteiger partial charge in [0.1, 0.15) is 12.0 Å². The molecule has 0 aliphatic carbocycles. The summed E-state index contributed by atoms with van der Waals surface area (Å²) in [7, 11) is 1.37. The fourth-order valence-corrected chi connectivity index (χ4v) is 2.10. The van der Waals surface area contributed by atoms with Gasteiger partial charge in [0, 0.05) is 18.7 Å². The van der Waals surface area contributed by atoms with E-state index in [4.69, 9.17) is 4.42 Å². The van der Waals surface area contributed by atoms with E-state index in [0.29, 0.717) is 24.9 Å². The Hall–Kier alpha value is -2.83. The topological polar surface area (TPSA) is 88.8 Å². The van der Waals surface area contributed by atoms with Crippen molar-refractivity contribution in [3.05, 3.63) is 41.8 Å². The fraction of sp³-hybridized carbons (Fsp3) is 0.389. The van der Waals surface area contributed by atoms with Gasteiger partial charge in [-0.3, -0.25) is 4.79 Å². The monoisotopic (exact) mass is 344 g/mol. The number of esters is 1. The molecule has 2 aromatic rings. The highest BCUT2D eigenvalue weighted by molar-refractivity contribution is 5.80. The summed E-state index contributed by atoms with van der Waals surface area (Å²) in [4.78, 5) is 20.1. The lowest BCUT2D eigenvalue weighted by molar-refractivity contribution is -0.140. The molecule has 0 aliphatic rings. The van der Waals surface area contributed by atoms with Gasteiger partial charge in [0.15, 0.2) is 5.96 Å². The van der Waals surface area contributed by atoms with Crippen LogP contribution >= 0.6 is 0 Å². The van der Waals surface area contributed by atoms with Crippen LogP contribution in [0, 0.1) is 6.92 Å². The van der Waals surface area contributed by atoms with Gasteiger partial charge < -0.3 is 19.8 Å². The van der Waals surface area contributed by atoms with Crippen molar-refractivity contribution in [1.29, 1.82) is 0 Å². The maximum Gasteiger partial charge on any atom is 0.307 e. The van der Waals surface area contributed by atoms with Crippen LogP contribution in [-0.4, -0.2) is 37.1 Å². The Balaban J connectivity index is 1.95. The first-order valence-electron chi connectivity index (χ1n) is 8.22.